The number of benzene rings is 1. The number of amides is 1. The number of aromatic amines is 1. The van der Waals surface area contributed by atoms with Crippen LogP contribution < -0.4 is 5.69 Å². The highest BCUT2D eigenvalue weighted by Crippen LogP contribution is 2.30. The minimum absolute atomic E-state index is 0.0489. The van der Waals surface area contributed by atoms with Crippen molar-refractivity contribution in [2.45, 2.75) is 32.2 Å². The van der Waals surface area contributed by atoms with Crippen LogP contribution >= 0.6 is 0 Å². The lowest BCUT2D eigenvalue weighted by Crippen LogP contribution is -2.33. The van der Waals surface area contributed by atoms with Crippen LogP contribution in [0.15, 0.2) is 41.3 Å². The maximum Gasteiger partial charge on any atom is 0.345 e. The predicted octanol–water partition coefficient (Wildman–Crippen LogP) is 1.98. The number of aromatic nitrogens is 2. The monoisotopic (exact) mass is 297 g/mol. The smallest absolute Gasteiger partial charge is 0.334 e. The van der Waals surface area contributed by atoms with Gasteiger partial charge in [-0.3, -0.25) is 4.79 Å². The molecule has 0 spiro atoms. The van der Waals surface area contributed by atoms with Gasteiger partial charge in [0, 0.05) is 18.4 Å². The Morgan fingerprint density at radius 1 is 1.36 bits per heavy atom. The Morgan fingerprint density at radius 3 is 2.95 bits per heavy atom. The van der Waals surface area contributed by atoms with E-state index in [1.807, 2.05) is 36.1 Å². The van der Waals surface area contributed by atoms with Crippen molar-refractivity contribution in [3.8, 4) is 0 Å². The SMILES string of the molecule is Cc1ccccc1CC(=O)N1CCC[C@@H]1c1ccnc(=O)[nH]1. The summed E-state index contributed by atoms with van der Waals surface area (Å²) in [6.45, 7) is 2.75. The van der Waals surface area contributed by atoms with Crippen molar-refractivity contribution in [3.05, 3.63) is 63.8 Å². The largest absolute Gasteiger partial charge is 0.345 e. The quantitative estimate of drug-likeness (QED) is 0.942. The first kappa shape index (κ1) is 14.5. The van der Waals surface area contributed by atoms with Gasteiger partial charge in [0.2, 0.25) is 5.91 Å². The molecule has 1 amide bonds. The predicted molar refractivity (Wildman–Crippen MR) is 83.4 cm³/mol. The lowest BCUT2D eigenvalue weighted by molar-refractivity contribution is -0.131. The first-order valence-electron chi connectivity index (χ1n) is 7.54. The van der Waals surface area contributed by atoms with Crippen LogP contribution in [0.4, 0.5) is 0 Å². The van der Waals surface area contributed by atoms with Gasteiger partial charge in [0.1, 0.15) is 0 Å². The molecular weight excluding hydrogens is 278 g/mol. The molecular formula is C17H19N3O2. The van der Waals surface area contributed by atoms with Crippen LogP contribution in [0.1, 0.15) is 35.7 Å². The molecule has 0 radical (unpaired) electrons. The van der Waals surface area contributed by atoms with Gasteiger partial charge < -0.3 is 9.88 Å². The molecule has 22 heavy (non-hydrogen) atoms. The summed E-state index contributed by atoms with van der Waals surface area (Å²) in [5.41, 5.74) is 2.59. The number of nitrogens with one attached hydrogen (secondary N) is 1. The average molecular weight is 297 g/mol. The van der Waals surface area contributed by atoms with E-state index in [4.69, 9.17) is 0 Å². The molecule has 5 heteroatoms. The average Bonchev–Trinajstić information content (AvgIpc) is 2.99. The van der Waals surface area contributed by atoms with Crippen LogP contribution in [-0.2, 0) is 11.2 Å². The summed E-state index contributed by atoms with van der Waals surface area (Å²) in [5, 5.41) is 0. The Bertz CT molecular complexity index is 738. The van der Waals surface area contributed by atoms with Crippen molar-refractivity contribution in [2.75, 3.05) is 6.54 Å². The molecule has 0 saturated carbocycles. The van der Waals surface area contributed by atoms with Gasteiger partial charge in [-0.1, -0.05) is 24.3 Å². The van der Waals surface area contributed by atoms with Crippen molar-refractivity contribution in [1.82, 2.24) is 14.9 Å². The molecule has 1 atom stereocenters. The van der Waals surface area contributed by atoms with Crippen molar-refractivity contribution in [1.29, 1.82) is 0 Å². The molecule has 2 aromatic rings. The highest BCUT2D eigenvalue weighted by atomic mass is 16.2. The zero-order chi connectivity index (χ0) is 15.5. The molecule has 1 aromatic heterocycles. The number of hydrogen-bond acceptors (Lipinski definition) is 3. The molecule has 3 rings (SSSR count). The van der Waals surface area contributed by atoms with E-state index in [0.29, 0.717) is 6.42 Å². The van der Waals surface area contributed by atoms with Gasteiger partial charge in [0.25, 0.3) is 0 Å². The fraction of sp³-hybridized carbons (Fsp3) is 0.353. The molecule has 1 saturated heterocycles. The number of nitrogens with zero attached hydrogens (tertiary/aromatic N) is 2. The van der Waals surface area contributed by atoms with Gasteiger partial charge in [-0.05, 0) is 37.0 Å². The van der Waals surface area contributed by atoms with Gasteiger partial charge in [-0.15, -0.1) is 0 Å². The fourth-order valence-corrected chi connectivity index (χ4v) is 3.04. The Kier molecular flexibility index (Phi) is 4.04. The summed E-state index contributed by atoms with van der Waals surface area (Å²) in [6, 6.07) is 9.68. The number of carbonyl (C=O) groups is 1. The first-order chi connectivity index (χ1) is 10.6. The topological polar surface area (TPSA) is 66.1 Å². The van der Waals surface area contributed by atoms with E-state index in [-0.39, 0.29) is 17.6 Å². The number of aryl methyl sites for hydroxylation is 1. The van der Waals surface area contributed by atoms with Crippen LogP contribution in [-0.4, -0.2) is 27.3 Å². The highest BCUT2D eigenvalue weighted by molar-refractivity contribution is 5.79. The summed E-state index contributed by atoms with van der Waals surface area (Å²) >= 11 is 0. The van der Waals surface area contributed by atoms with Crippen LogP contribution in [0.2, 0.25) is 0 Å². The Labute approximate surface area is 129 Å². The number of H-pyrrole nitrogens is 1. The van der Waals surface area contributed by atoms with Gasteiger partial charge in [-0.25, -0.2) is 9.78 Å². The van der Waals surface area contributed by atoms with E-state index in [2.05, 4.69) is 9.97 Å². The third-order valence-electron chi connectivity index (χ3n) is 4.23. The molecule has 0 bridgehead atoms. The Balaban J connectivity index is 1.80. The zero-order valence-electron chi connectivity index (χ0n) is 12.6. The number of rotatable bonds is 3. The van der Waals surface area contributed by atoms with Gasteiger partial charge in [-0.2, -0.15) is 0 Å². The number of likely N-dealkylation sites (tertiary alicyclic amines) is 1. The minimum atomic E-state index is -0.365. The van der Waals surface area contributed by atoms with Crippen molar-refractivity contribution in [2.24, 2.45) is 0 Å². The lowest BCUT2D eigenvalue weighted by atomic mass is 10.0. The molecule has 2 heterocycles. The summed E-state index contributed by atoms with van der Waals surface area (Å²) in [7, 11) is 0. The van der Waals surface area contributed by atoms with E-state index in [0.717, 1.165) is 36.2 Å². The number of hydrogen-bond donors (Lipinski definition) is 1. The summed E-state index contributed by atoms with van der Waals surface area (Å²) in [4.78, 5) is 32.3. The van der Waals surface area contributed by atoms with Crippen molar-refractivity contribution < 1.29 is 4.79 Å². The molecule has 0 aliphatic carbocycles. The maximum absolute atomic E-state index is 12.7. The zero-order valence-corrected chi connectivity index (χ0v) is 12.6. The van der Waals surface area contributed by atoms with E-state index in [9.17, 15) is 9.59 Å². The second-order valence-corrected chi connectivity index (χ2v) is 5.68. The van der Waals surface area contributed by atoms with E-state index in [1.165, 1.54) is 6.20 Å². The van der Waals surface area contributed by atoms with E-state index >= 15 is 0 Å². The first-order valence-corrected chi connectivity index (χ1v) is 7.54. The van der Waals surface area contributed by atoms with E-state index in [1.54, 1.807) is 6.07 Å². The molecule has 0 unspecified atom stereocenters. The minimum Gasteiger partial charge on any atom is -0.334 e. The van der Waals surface area contributed by atoms with Gasteiger partial charge in [0.15, 0.2) is 0 Å². The van der Waals surface area contributed by atoms with E-state index < -0.39 is 0 Å². The summed E-state index contributed by atoms with van der Waals surface area (Å²) in [6.07, 6.45) is 3.73. The van der Waals surface area contributed by atoms with Crippen LogP contribution in [0.3, 0.4) is 0 Å². The van der Waals surface area contributed by atoms with Crippen LogP contribution in [0.5, 0.6) is 0 Å². The summed E-state index contributed by atoms with van der Waals surface area (Å²) < 4.78 is 0. The standard InChI is InChI=1S/C17H19N3O2/c1-12-5-2-3-6-13(12)11-16(21)20-10-4-7-15(20)14-8-9-18-17(22)19-14/h2-3,5-6,8-9,15H,4,7,10-11H2,1H3,(H,18,19,22)/t15-/m1/s1. The third-order valence-corrected chi connectivity index (χ3v) is 4.23. The fourth-order valence-electron chi connectivity index (χ4n) is 3.04. The molecule has 114 valence electrons. The highest BCUT2D eigenvalue weighted by Gasteiger charge is 2.30. The molecule has 5 nitrogen and oxygen atoms in total. The Morgan fingerprint density at radius 2 is 2.18 bits per heavy atom. The molecule has 1 fully saturated rings. The van der Waals surface area contributed by atoms with Gasteiger partial charge in [0.05, 0.1) is 12.5 Å². The van der Waals surface area contributed by atoms with Crippen molar-refractivity contribution in [3.63, 3.8) is 0 Å². The van der Waals surface area contributed by atoms with Crippen LogP contribution in [0, 0.1) is 6.92 Å². The van der Waals surface area contributed by atoms with Crippen molar-refractivity contribution >= 4 is 5.91 Å². The second kappa shape index (κ2) is 6.13. The Hall–Kier alpha value is -2.43. The van der Waals surface area contributed by atoms with Crippen LogP contribution in [0.25, 0.3) is 0 Å². The maximum atomic E-state index is 12.7. The molecule has 1 aliphatic rings. The molecule has 1 aliphatic heterocycles. The number of carbonyl (C=O) groups excluding carboxylic acids is 1. The third kappa shape index (κ3) is 2.93. The second-order valence-electron chi connectivity index (χ2n) is 5.68. The molecule has 1 N–H and O–H groups in total. The lowest BCUT2D eigenvalue weighted by Gasteiger charge is -2.25. The summed E-state index contributed by atoms with van der Waals surface area (Å²) in [5.74, 6) is 0.106. The van der Waals surface area contributed by atoms with Gasteiger partial charge >= 0.3 is 5.69 Å². The molecule has 1 aromatic carbocycles. The normalized spacial score (nSPS) is 17.7.